The maximum absolute atomic E-state index is 9.52. The second-order valence-corrected chi connectivity index (χ2v) is 1.80. The monoisotopic (exact) mass is 156 g/mol. The van der Waals surface area contributed by atoms with E-state index >= 15 is 0 Å². The maximum atomic E-state index is 9.52. The summed E-state index contributed by atoms with van der Waals surface area (Å²) in [6, 6.07) is 0. The first-order chi connectivity index (χ1) is 3.63. The Morgan fingerprint density at radius 1 is 1.62 bits per heavy atom. The summed E-state index contributed by atoms with van der Waals surface area (Å²) < 4.78 is 3.56. The van der Waals surface area contributed by atoms with Gasteiger partial charge >= 0.3 is 6.16 Å². The number of ether oxygens (including phenoxy) is 1. The van der Waals surface area contributed by atoms with Crippen LogP contribution in [0.3, 0.4) is 0 Å². The van der Waals surface area contributed by atoms with E-state index in [0.717, 1.165) is 0 Å². The molecule has 0 amide bonds. The highest BCUT2D eigenvalue weighted by Crippen LogP contribution is 2.05. The minimum absolute atomic E-state index is 0.229. The van der Waals surface area contributed by atoms with Gasteiger partial charge in [0.05, 0.1) is 0 Å². The molecule has 0 saturated heterocycles. The normalized spacial score (nSPS) is 7.75. The fraction of sp³-hybridized carbons (Fsp3) is 0. The Balaban J connectivity index is 3.45. The molecule has 0 heterocycles. The third kappa shape index (κ3) is 5.59. The lowest BCUT2D eigenvalue weighted by Gasteiger charge is -1.85. The molecule has 0 aliphatic rings. The number of rotatable bonds is 1. The van der Waals surface area contributed by atoms with E-state index < -0.39 is 6.16 Å². The van der Waals surface area contributed by atoms with Gasteiger partial charge in [0.1, 0.15) is 10.8 Å². The van der Waals surface area contributed by atoms with E-state index in [1.807, 2.05) is 0 Å². The van der Waals surface area contributed by atoms with E-state index in [1.165, 1.54) is 0 Å². The lowest BCUT2D eigenvalue weighted by molar-refractivity contribution is 0.128. The Morgan fingerprint density at radius 2 is 2.12 bits per heavy atom. The van der Waals surface area contributed by atoms with E-state index in [1.54, 1.807) is 0 Å². The molecule has 0 atom stereocenters. The van der Waals surface area contributed by atoms with Gasteiger partial charge < -0.3 is 9.84 Å². The molecule has 1 N–H and O–H groups in total. The molecule has 8 heavy (non-hydrogen) atoms. The van der Waals surface area contributed by atoms with E-state index in [-0.39, 0.29) is 4.49 Å². The van der Waals surface area contributed by atoms with Crippen LogP contribution in [0.15, 0.2) is 10.8 Å². The van der Waals surface area contributed by atoms with Gasteiger partial charge in [-0.25, -0.2) is 4.79 Å². The first-order valence-corrected chi connectivity index (χ1v) is 2.29. The minimum Gasteiger partial charge on any atom is -0.449 e. The third-order valence-electron chi connectivity index (χ3n) is 0.249. The van der Waals surface area contributed by atoms with Crippen molar-refractivity contribution in [3.05, 3.63) is 10.8 Å². The van der Waals surface area contributed by atoms with Crippen molar-refractivity contribution in [2.75, 3.05) is 0 Å². The molecule has 0 rings (SSSR count). The van der Waals surface area contributed by atoms with Crippen molar-refractivity contribution in [3.8, 4) is 0 Å². The molecular weight excluding hydrogens is 155 g/mol. The van der Waals surface area contributed by atoms with Crippen LogP contribution in [0.1, 0.15) is 0 Å². The fourth-order valence-electron chi connectivity index (χ4n) is 0.0950. The van der Waals surface area contributed by atoms with Crippen molar-refractivity contribution in [2.45, 2.75) is 0 Å². The first-order valence-electron chi connectivity index (χ1n) is 1.53. The quantitative estimate of drug-likeness (QED) is 0.467. The average Bonchev–Trinajstić information content (AvgIpc) is 1.61. The number of carbonyl (C=O) groups is 1. The summed E-state index contributed by atoms with van der Waals surface area (Å²) >= 11 is 9.92. The summed E-state index contributed by atoms with van der Waals surface area (Å²) in [4.78, 5) is 9.52. The Kier molecular flexibility index (Phi) is 3.39. The molecule has 0 fully saturated rings. The van der Waals surface area contributed by atoms with E-state index in [4.69, 9.17) is 28.3 Å². The van der Waals surface area contributed by atoms with Crippen LogP contribution < -0.4 is 0 Å². The minimum atomic E-state index is -1.44. The van der Waals surface area contributed by atoms with Crippen LogP contribution in [0, 0.1) is 0 Å². The van der Waals surface area contributed by atoms with Gasteiger partial charge in [0.25, 0.3) is 0 Å². The van der Waals surface area contributed by atoms with Gasteiger partial charge in [0, 0.05) is 0 Å². The summed E-state index contributed by atoms with van der Waals surface area (Å²) in [5.74, 6) is 0. The van der Waals surface area contributed by atoms with Gasteiger partial charge in [-0.05, 0) is 0 Å². The van der Waals surface area contributed by atoms with Crippen LogP contribution >= 0.6 is 23.2 Å². The van der Waals surface area contributed by atoms with E-state index in [0.29, 0.717) is 6.26 Å². The lowest BCUT2D eigenvalue weighted by atomic mass is 11.1. The van der Waals surface area contributed by atoms with Crippen molar-refractivity contribution >= 4 is 29.4 Å². The van der Waals surface area contributed by atoms with Gasteiger partial charge in [-0.2, -0.15) is 0 Å². The molecule has 0 unspecified atom stereocenters. The maximum Gasteiger partial charge on any atom is 0.510 e. The summed E-state index contributed by atoms with van der Waals surface area (Å²) in [5.41, 5.74) is 0. The van der Waals surface area contributed by atoms with Crippen molar-refractivity contribution in [1.29, 1.82) is 0 Å². The van der Waals surface area contributed by atoms with Crippen LogP contribution in [0.5, 0.6) is 0 Å². The molecule has 0 aromatic carbocycles. The van der Waals surface area contributed by atoms with E-state index in [9.17, 15) is 4.79 Å². The lowest BCUT2D eigenvalue weighted by Crippen LogP contribution is -1.91. The Bertz CT molecular complexity index is 116. The summed E-state index contributed by atoms with van der Waals surface area (Å²) in [6.07, 6.45) is -0.727. The smallest absolute Gasteiger partial charge is 0.449 e. The highest BCUT2D eigenvalue weighted by atomic mass is 35.5. The van der Waals surface area contributed by atoms with Gasteiger partial charge in [-0.15, -0.1) is 0 Å². The Morgan fingerprint density at radius 3 is 2.25 bits per heavy atom. The summed E-state index contributed by atoms with van der Waals surface area (Å²) in [6.45, 7) is 0. The highest BCUT2D eigenvalue weighted by molar-refractivity contribution is 6.55. The predicted octanol–water partition coefficient (Wildman–Crippen LogP) is 1.96. The molecule has 46 valence electrons. The molecular formula is C3H2Cl2O3. The van der Waals surface area contributed by atoms with Gasteiger partial charge in [-0.3, -0.25) is 0 Å². The molecule has 0 aromatic rings. The number of carboxylic acid groups (broad SMARTS) is 1. The molecule has 0 aromatic heterocycles. The zero-order valence-corrected chi connectivity index (χ0v) is 5.11. The fourth-order valence-corrected chi connectivity index (χ4v) is 0.184. The Labute approximate surface area is 55.5 Å². The SMILES string of the molecule is O=C(O)OC=C(Cl)Cl. The van der Waals surface area contributed by atoms with Crippen LogP contribution in [0.4, 0.5) is 4.79 Å². The molecule has 0 radical (unpaired) electrons. The van der Waals surface area contributed by atoms with Gasteiger partial charge in [0.2, 0.25) is 0 Å². The third-order valence-corrected chi connectivity index (χ3v) is 0.427. The van der Waals surface area contributed by atoms with Crippen LogP contribution in [-0.4, -0.2) is 11.3 Å². The van der Waals surface area contributed by atoms with Crippen LogP contribution in [0.25, 0.3) is 0 Å². The topological polar surface area (TPSA) is 46.5 Å². The molecule has 0 spiro atoms. The van der Waals surface area contributed by atoms with Crippen LogP contribution in [-0.2, 0) is 4.74 Å². The Hall–Kier alpha value is -0.410. The first kappa shape index (κ1) is 7.59. The molecule has 0 aliphatic carbocycles. The highest BCUT2D eigenvalue weighted by Gasteiger charge is 1.90. The van der Waals surface area contributed by atoms with Crippen molar-refractivity contribution in [1.82, 2.24) is 0 Å². The predicted molar refractivity (Wildman–Crippen MR) is 28.9 cm³/mol. The summed E-state index contributed by atoms with van der Waals surface area (Å²) in [7, 11) is 0. The van der Waals surface area contributed by atoms with Crippen molar-refractivity contribution in [2.24, 2.45) is 0 Å². The molecule has 3 nitrogen and oxygen atoms in total. The van der Waals surface area contributed by atoms with Gasteiger partial charge in [-0.1, -0.05) is 23.2 Å². The average molecular weight is 157 g/mol. The van der Waals surface area contributed by atoms with Crippen LogP contribution in [0.2, 0.25) is 0 Å². The second-order valence-electron chi connectivity index (χ2n) is 0.791. The standard InChI is InChI=1S/C3H2Cl2O3/c4-2(5)1-8-3(6)7/h1H,(H,6,7). The number of halogens is 2. The summed E-state index contributed by atoms with van der Waals surface area (Å²) in [5, 5.41) is 7.78. The molecule has 0 saturated carbocycles. The van der Waals surface area contributed by atoms with Gasteiger partial charge in [0.15, 0.2) is 0 Å². The number of hydrogen-bond donors (Lipinski definition) is 1. The van der Waals surface area contributed by atoms with E-state index in [2.05, 4.69) is 4.74 Å². The largest absolute Gasteiger partial charge is 0.510 e. The zero-order chi connectivity index (χ0) is 6.57. The second kappa shape index (κ2) is 3.57. The van der Waals surface area contributed by atoms with Crippen molar-refractivity contribution < 1.29 is 14.6 Å². The molecule has 5 heteroatoms. The molecule has 0 bridgehead atoms. The van der Waals surface area contributed by atoms with Crippen molar-refractivity contribution in [3.63, 3.8) is 0 Å². The number of hydrogen-bond acceptors (Lipinski definition) is 2. The zero-order valence-electron chi connectivity index (χ0n) is 3.60. The molecule has 0 aliphatic heterocycles.